The topological polar surface area (TPSA) is 98.0 Å². The van der Waals surface area contributed by atoms with Gasteiger partial charge in [-0.3, -0.25) is 9.59 Å². The van der Waals surface area contributed by atoms with E-state index >= 15 is 0 Å². The second-order valence-corrected chi connectivity index (χ2v) is 13.0. The highest BCUT2D eigenvalue weighted by Crippen LogP contribution is 2.34. The zero-order valence-corrected chi connectivity index (χ0v) is 26.3. The number of likely N-dealkylation sites (tertiary alicyclic amines) is 2. The van der Waals surface area contributed by atoms with Gasteiger partial charge in [0.05, 0.1) is 35.9 Å². The minimum absolute atomic E-state index is 0.0381. The standard InChI is InChI=1S/C36H44N6O2/c1-23(2)33(41-19-7-5-9-31(41)43)35-37-21-29(39-35)27-15-11-25(12-16-27)26-13-17-28(18-14-26)30-22-38-36(40-30)34(24(3)4)42-20-8-6-10-32(42)44/h11-18,21-24,33-34H,5-10,19-20H2,1-4H3,(H,37,39)(H,38,40). The van der Waals surface area contributed by atoms with Crippen LogP contribution >= 0.6 is 0 Å². The number of nitrogens with zero attached hydrogens (tertiary/aromatic N) is 4. The summed E-state index contributed by atoms with van der Waals surface area (Å²) in [6.07, 6.45) is 9.07. The van der Waals surface area contributed by atoms with Crippen LogP contribution in [0.4, 0.5) is 0 Å². The number of hydrogen-bond acceptors (Lipinski definition) is 4. The summed E-state index contributed by atoms with van der Waals surface area (Å²) < 4.78 is 0. The van der Waals surface area contributed by atoms with E-state index in [2.05, 4.69) is 86.2 Å². The van der Waals surface area contributed by atoms with Crippen molar-refractivity contribution in [3.05, 3.63) is 72.6 Å². The Morgan fingerprint density at radius 3 is 1.27 bits per heavy atom. The van der Waals surface area contributed by atoms with Crippen molar-refractivity contribution in [3.63, 3.8) is 0 Å². The van der Waals surface area contributed by atoms with Gasteiger partial charge in [-0.05, 0) is 59.8 Å². The Hall–Kier alpha value is -4.20. The number of carbonyl (C=O) groups excluding carboxylic acids is 2. The summed E-state index contributed by atoms with van der Waals surface area (Å²) in [6, 6.07) is 16.9. The number of hydrogen-bond donors (Lipinski definition) is 2. The van der Waals surface area contributed by atoms with Crippen molar-refractivity contribution in [2.24, 2.45) is 11.8 Å². The molecule has 2 unspecified atom stereocenters. The third-order valence-corrected chi connectivity index (χ3v) is 9.13. The van der Waals surface area contributed by atoms with Crippen molar-refractivity contribution >= 4 is 11.8 Å². The maximum Gasteiger partial charge on any atom is 0.223 e. The number of aromatic nitrogens is 4. The largest absolute Gasteiger partial charge is 0.340 e. The molecule has 4 aromatic rings. The summed E-state index contributed by atoms with van der Waals surface area (Å²) in [6.45, 7) is 10.2. The van der Waals surface area contributed by atoms with Gasteiger partial charge in [-0.25, -0.2) is 9.97 Å². The highest BCUT2D eigenvalue weighted by atomic mass is 16.2. The molecule has 2 N–H and O–H groups in total. The molecule has 0 spiro atoms. The van der Waals surface area contributed by atoms with Crippen molar-refractivity contribution in [2.45, 2.75) is 78.3 Å². The number of imidazole rings is 2. The van der Waals surface area contributed by atoms with Gasteiger partial charge in [0.15, 0.2) is 0 Å². The first-order chi connectivity index (χ1) is 21.3. The summed E-state index contributed by atoms with van der Waals surface area (Å²) in [5.74, 6) is 2.70. The van der Waals surface area contributed by atoms with Crippen molar-refractivity contribution < 1.29 is 9.59 Å². The molecule has 2 aromatic carbocycles. The molecule has 2 aliphatic heterocycles. The lowest BCUT2D eigenvalue weighted by Crippen LogP contribution is -2.41. The smallest absolute Gasteiger partial charge is 0.223 e. The summed E-state index contributed by atoms with van der Waals surface area (Å²) in [4.78, 5) is 45.8. The van der Waals surface area contributed by atoms with Crippen LogP contribution in [0.1, 0.15) is 90.0 Å². The second kappa shape index (κ2) is 12.8. The Morgan fingerprint density at radius 2 is 0.932 bits per heavy atom. The van der Waals surface area contributed by atoms with Gasteiger partial charge in [-0.15, -0.1) is 0 Å². The van der Waals surface area contributed by atoms with E-state index in [9.17, 15) is 9.59 Å². The number of rotatable bonds is 9. The van der Waals surface area contributed by atoms with E-state index in [1.165, 1.54) is 0 Å². The Morgan fingerprint density at radius 1 is 0.568 bits per heavy atom. The van der Waals surface area contributed by atoms with Crippen LogP contribution in [0.3, 0.4) is 0 Å². The highest BCUT2D eigenvalue weighted by Gasteiger charge is 2.32. The second-order valence-electron chi connectivity index (χ2n) is 13.0. The van der Waals surface area contributed by atoms with Crippen molar-refractivity contribution in [2.75, 3.05) is 13.1 Å². The van der Waals surface area contributed by atoms with E-state index in [-0.39, 0.29) is 35.7 Å². The number of piperidine rings is 2. The van der Waals surface area contributed by atoms with Crippen LogP contribution in [0.25, 0.3) is 33.6 Å². The first kappa shape index (κ1) is 29.9. The van der Waals surface area contributed by atoms with Crippen LogP contribution in [-0.2, 0) is 9.59 Å². The van der Waals surface area contributed by atoms with Crippen molar-refractivity contribution in [3.8, 4) is 33.6 Å². The molecule has 0 aliphatic carbocycles. The van der Waals surface area contributed by atoms with E-state index < -0.39 is 0 Å². The maximum absolute atomic E-state index is 12.7. The zero-order valence-electron chi connectivity index (χ0n) is 26.3. The van der Waals surface area contributed by atoms with Gasteiger partial charge < -0.3 is 19.8 Å². The molecular formula is C36H44N6O2. The average Bonchev–Trinajstić information content (AvgIpc) is 3.70. The van der Waals surface area contributed by atoms with Crippen LogP contribution < -0.4 is 0 Å². The van der Waals surface area contributed by atoms with E-state index in [0.717, 1.165) is 84.1 Å². The normalized spacial score (nSPS) is 17.5. The molecule has 2 fully saturated rings. The highest BCUT2D eigenvalue weighted by molar-refractivity contribution is 5.78. The Kier molecular flexibility index (Phi) is 8.69. The molecule has 4 heterocycles. The monoisotopic (exact) mass is 592 g/mol. The van der Waals surface area contributed by atoms with Gasteiger partial charge in [0.25, 0.3) is 0 Å². The number of nitrogens with one attached hydrogen (secondary N) is 2. The van der Waals surface area contributed by atoms with Crippen LogP contribution in [0.5, 0.6) is 0 Å². The summed E-state index contributed by atoms with van der Waals surface area (Å²) in [5, 5.41) is 0. The quantitative estimate of drug-likeness (QED) is 0.210. The van der Waals surface area contributed by atoms with Crippen LogP contribution in [0.15, 0.2) is 60.9 Å². The first-order valence-corrected chi connectivity index (χ1v) is 16.2. The molecule has 8 heteroatoms. The molecule has 6 rings (SSSR count). The zero-order chi connectivity index (χ0) is 30.8. The van der Waals surface area contributed by atoms with E-state index in [4.69, 9.17) is 9.97 Å². The number of amides is 2. The van der Waals surface area contributed by atoms with Gasteiger partial charge in [0.1, 0.15) is 11.6 Å². The predicted octanol–water partition coefficient (Wildman–Crippen LogP) is 7.55. The number of aromatic amines is 2. The average molecular weight is 593 g/mol. The van der Waals surface area contributed by atoms with E-state index in [1.807, 2.05) is 22.2 Å². The van der Waals surface area contributed by atoms with Crippen LogP contribution in [0.2, 0.25) is 0 Å². The molecule has 8 nitrogen and oxygen atoms in total. The molecule has 2 atom stereocenters. The van der Waals surface area contributed by atoms with Crippen molar-refractivity contribution in [1.82, 2.24) is 29.7 Å². The van der Waals surface area contributed by atoms with E-state index in [1.54, 1.807) is 0 Å². The lowest BCUT2D eigenvalue weighted by atomic mass is 9.98. The third-order valence-electron chi connectivity index (χ3n) is 9.13. The lowest BCUT2D eigenvalue weighted by Gasteiger charge is -2.35. The summed E-state index contributed by atoms with van der Waals surface area (Å²) in [7, 11) is 0. The van der Waals surface area contributed by atoms with Gasteiger partial charge in [0.2, 0.25) is 11.8 Å². The van der Waals surface area contributed by atoms with Crippen molar-refractivity contribution in [1.29, 1.82) is 0 Å². The molecule has 2 aromatic heterocycles. The first-order valence-electron chi connectivity index (χ1n) is 16.2. The number of H-pyrrole nitrogens is 2. The summed E-state index contributed by atoms with van der Waals surface area (Å²) >= 11 is 0. The SMILES string of the molecule is CC(C)C(c1ncc(-c2ccc(-c3ccc(-c4cnc(C(C(C)C)N5CCCCC5=O)[nH]4)cc3)cc2)[nH]1)N1CCCCC1=O. The molecule has 0 radical (unpaired) electrons. The van der Waals surface area contributed by atoms with Gasteiger partial charge in [-0.2, -0.15) is 0 Å². The molecule has 44 heavy (non-hydrogen) atoms. The fourth-order valence-corrected chi connectivity index (χ4v) is 6.84. The maximum atomic E-state index is 12.7. The third kappa shape index (κ3) is 6.07. The van der Waals surface area contributed by atoms with Gasteiger partial charge in [0, 0.05) is 25.9 Å². The molecular weight excluding hydrogens is 548 g/mol. The van der Waals surface area contributed by atoms with E-state index in [0.29, 0.717) is 12.8 Å². The van der Waals surface area contributed by atoms with Crippen LogP contribution in [0, 0.1) is 11.8 Å². The summed E-state index contributed by atoms with van der Waals surface area (Å²) in [5.41, 5.74) is 6.30. The fraction of sp³-hybridized carbons (Fsp3) is 0.444. The predicted molar refractivity (Wildman–Crippen MR) is 173 cm³/mol. The Labute approximate surface area is 260 Å². The molecule has 2 amide bonds. The number of benzene rings is 2. The lowest BCUT2D eigenvalue weighted by molar-refractivity contribution is -0.138. The minimum atomic E-state index is -0.0381. The molecule has 230 valence electrons. The van der Waals surface area contributed by atoms with Gasteiger partial charge in [-0.1, -0.05) is 76.2 Å². The number of carbonyl (C=O) groups is 2. The Bertz CT molecular complexity index is 1460. The van der Waals surface area contributed by atoms with Gasteiger partial charge >= 0.3 is 0 Å². The van der Waals surface area contributed by atoms with Crippen LogP contribution in [-0.4, -0.2) is 54.6 Å². The molecule has 2 saturated heterocycles. The molecule has 2 aliphatic rings. The minimum Gasteiger partial charge on any atom is -0.340 e. The molecule has 0 bridgehead atoms. The fourth-order valence-electron chi connectivity index (χ4n) is 6.84. The Balaban J connectivity index is 1.16. The molecule has 0 saturated carbocycles.